The van der Waals surface area contributed by atoms with Crippen molar-refractivity contribution < 1.29 is 0 Å². The lowest BCUT2D eigenvalue weighted by Gasteiger charge is -2.03. The molecule has 0 fully saturated rings. The van der Waals surface area contributed by atoms with E-state index in [-0.39, 0.29) is 0 Å². The van der Waals surface area contributed by atoms with Gasteiger partial charge in [0, 0.05) is 11.4 Å². The van der Waals surface area contributed by atoms with Crippen LogP contribution in [0, 0.1) is 0 Å². The van der Waals surface area contributed by atoms with Crippen LogP contribution in [0.2, 0.25) is 4.34 Å². The average molecular weight is 288 g/mol. The predicted octanol–water partition coefficient (Wildman–Crippen LogP) is 5.63. The predicted molar refractivity (Wildman–Crippen MR) is 83.6 cm³/mol. The smallest absolute Gasteiger partial charge is 0.0931 e. The van der Waals surface area contributed by atoms with Gasteiger partial charge in [-0.3, -0.25) is 0 Å². The lowest BCUT2D eigenvalue weighted by atomic mass is 10.1. The van der Waals surface area contributed by atoms with E-state index in [9.17, 15) is 0 Å². The summed E-state index contributed by atoms with van der Waals surface area (Å²) in [5.74, 6) is 0. The quantitative estimate of drug-likeness (QED) is 0.520. The Labute approximate surface area is 121 Å². The van der Waals surface area contributed by atoms with Gasteiger partial charge in [-0.1, -0.05) is 63.5 Å². The van der Waals surface area contributed by atoms with E-state index >= 15 is 0 Å². The molecule has 104 valence electrons. The summed E-state index contributed by atoms with van der Waals surface area (Å²) < 4.78 is 0.888. The van der Waals surface area contributed by atoms with Crippen LogP contribution < -0.4 is 5.32 Å². The van der Waals surface area contributed by atoms with Crippen molar-refractivity contribution in [1.82, 2.24) is 5.32 Å². The van der Waals surface area contributed by atoms with E-state index in [1.165, 1.54) is 56.2 Å². The molecule has 0 saturated heterocycles. The van der Waals surface area contributed by atoms with Crippen LogP contribution in [0.15, 0.2) is 12.1 Å². The van der Waals surface area contributed by atoms with Gasteiger partial charge in [0.2, 0.25) is 0 Å². The highest BCUT2D eigenvalue weighted by atomic mass is 35.5. The number of thiophene rings is 1. The van der Waals surface area contributed by atoms with Gasteiger partial charge in [0.15, 0.2) is 0 Å². The highest BCUT2D eigenvalue weighted by Crippen LogP contribution is 2.20. The van der Waals surface area contributed by atoms with Gasteiger partial charge in [0.1, 0.15) is 0 Å². The fourth-order valence-electron chi connectivity index (χ4n) is 2.04. The van der Waals surface area contributed by atoms with Gasteiger partial charge in [-0.2, -0.15) is 0 Å². The van der Waals surface area contributed by atoms with Gasteiger partial charge < -0.3 is 5.32 Å². The number of rotatable bonds is 11. The van der Waals surface area contributed by atoms with Gasteiger partial charge >= 0.3 is 0 Å². The molecule has 1 aromatic heterocycles. The maximum Gasteiger partial charge on any atom is 0.0931 e. The maximum absolute atomic E-state index is 5.88. The number of unbranched alkanes of at least 4 members (excludes halogenated alkanes) is 7. The molecule has 0 unspecified atom stereocenters. The molecule has 0 bridgehead atoms. The first kappa shape index (κ1) is 16.0. The fraction of sp³-hybridized carbons (Fsp3) is 0.733. The van der Waals surface area contributed by atoms with E-state index in [0.29, 0.717) is 0 Å². The molecule has 3 heteroatoms. The summed E-state index contributed by atoms with van der Waals surface area (Å²) >= 11 is 7.55. The molecule has 1 nitrogen and oxygen atoms in total. The molecule has 0 atom stereocenters. The van der Waals surface area contributed by atoms with Crippen molar-refractivity contribution in [2.45, 2.75) is 64.8 Å². The molecular weight excluding hydrogens is 262 g/mol. The molecule has 0 spiro atoms. The largest absolute Gasteiger partial charge is 0.312 e. The van der Waals surface area contributed by atoms with Gasteiger partial charge in [0.05, 0.1) is 4.34 Å². The van der Waals surface area contributed by atoms with Gasteiger partial charge in [-0.25, -0.2) is 0 Å². The third-order valence-corrected chi connectivity index (χ3v) is 4.37. The van der Waals surface area contributed by atoms with Crippen molar-refractivity contribution in [3.05, 3.63) is 21.3 Å². The Kier molecular flexibility index (Phi) is 9.63. The summed E-state index contributed by atoms with van der Waals surface area (Å²) in [5.41, 5.74) is 0. The lowest BCUT2D eigenvalue weighted by molar-refractivity contribution is 0.556. The van der Waals surface area contributed by atoms with Crippen molar-refractivity contribution in [2.24, 2.45) is 0 Å². The second-order valence-electron chi connectivity index (χ2n) is 4.86. The van der Waals surface area contributed by atoms with Crippen molar-refractivity contribution in [2.75, 3.05) is 6.54 Å². The number of nitrogens with one attached hydrogen (secondary N) is 1. The molecule has 1 aromatic rings. The highest BCUT2D eigenvalue weighted by Gasteiger charge is 1.97. The summed E-state index contributed by atoms with van der Waals surface area (Å²) in [5, 5.41) is 3.48. The molecule has 18 heavy (non-hydrogen) atoms. The van der Waals surface area contributed by atoms with Crippen LogP contribution in [0.1, 0.15) is 63.2 Å². The SMILES string of the molecule is CCCCCCCCCCNCc1ccc(Cl)s1. The maximum atomic E-state index is 5.88. The lowest BCUT2D eigenvalue weighted by Crippen LogP contribution is -2.13. The van der Waals surface area contributed by atoms with E-state index in [4.69, 9.17) is 11.6 Å². The Morgan fingerprint density at radius 3 is 2.28 bits per heavy atom. The minimum atomic E-state index is 0.888. The van der Waals surface area contributed by atoms with Crippen molar-refractivity contribution in [3.63, 3.8) is 0 Å². The van der Waals surface area contributed by atoms with E-state index < -0.39 is 0 Å². The van der Waals surface area contributed by atoms with E-state index in [2.05, 4.69) is 18.3 Å². The standard InChI is InChI=1S/C15H26ClNS/c1-2-3-4-5-6-7-8-9-12-17-13-14-10-11-15(16)18-14/h10-11,17H,2-9,12-13H2,1H3. The molecule has 0 aliphatic rings. The zero-order chi connectivity index (χ0) is 13.1. The van der Waals surface area contributed by atoms with Gasteiger partial charge in [0.25, 0.3) is 0 Å². The van der Waals surface area contributed by atoms with Crippen LogP contribution in [0.5, 0.6) is 0 Å². The number of halogens is 1. The number of hydrogen-bond donors (Lipinski definition) is 1. The highest BCUT2D eigenvalue weighted by molar-refractivity contribution is 7.16. The Hall–Kier alpha value is -0.0500. The van der Waals surface area contributed by atoms with E-state index in [1.54, 1.807) is 11.3 Å². The van der Waals surface area contributed by atoms with Crippen molar-refractivity contribution >= 4 is 22.9 Å². The van der Waals surface area contributed by atoms with Crippen LogP contribution in [-0.2, 0) is 6.54 Å². The van der Waals surface area contributed by atoms with Crippen LogP contribution in [-0.4, -0.2) is 6.54 Å². The molecule has 0 aliphatic heterocycles. The Morgan fingerprint density at radius 2 is 1.67 bits per heavy atom. The Morgan fingerprint density at radius 1 is 1.00 bits per heavy atom. The molecule has 0 amide bonds. The topological polar surface area (TPSA) is 12.0 Å². The van der Waals surface area contributed by atoms with Crippen molar-refractivity contribution in [1.29, 1.82) is 0 Å². The second-order valence-corrected chi connectivity index (χ2v) is 6.66. The molecule has 0 aromatic carbocycles. The molecule has 1 heterocycles. The average Bonchev–Trinajstić information content (AvgIpc) is 2.77. The second kappa shape index (κ2) is 10.8. The normalized spacial score (nSPS) is 11.0. The monoisotopic (exact) mass is 287 g/mol. The zero-order valence-electron chi connectivity index (χ0n) is 11.5. The third kappa shape index (κ3) is 8.12. The van der Waals surface area contributed by atoms with E-state index in [1.807, 2.05) is 6.07 Å². The molecule has 0 saturated carbocycles. The Balaban J connectivity index is 1.81. The molecular formula is C15H26ClNS. The first-order valence-electron chi connectivity index (χ1n) is 7.28. The third-order valence-electron chi connectivity index (χ3n) is 3.14. The zero-order valence-corrected chi connectivity index (χ0v) is 13.1. The van der Waals surface area contributed by atoms with Crippen LogP contribution in [0.25, 0.3) is 0 Å². The molecule has 0 radical (unpaired) electrons. The summed E-state index contributed by atoms with van der Waals surface area (Å²) in [6.07, 6.45) is 11.1. The first-order chi connectivity index (χ1) is 8.83. The van der Waals surface area contributed by atoms with Gasteiger partial charge in [-0.15, -0.1) is 11.3 Å². The van der Waals surface area contributed by atoms with E-state index in [0.717, 1.165) is 17.4 Å². The fourth-order valence-corrected chi connectivity index (χ4v) is 3.10. The first-order valence-corrected chi connectivity index (χ1v) is 8.47. The molecule has 0 aliphatic carbocycles. The van der Waals surface area contributed by atoms with Crippen molar-refractivity contribution in [3.8, 4) is 0 Å². The minimum Gasteiger partial charge on any atom is -0.312 e. The summed E-state index contributed by atoms with van der Waals surface area (Å²) in [6.45, 7) is 4.37. The van der Waals surface area contributed by atoms with Crippen LogP contribution in [0.3, 0.4) is 0 Å². The number of hydrogen-bond acceptors (Lipinski definition) is 2. The Bertz CT molecular complexity index is 298. The summed E-state index contributed by atoms with van der Waals surface area (Å²) in [6, 6.07) is 4.08. The summed E-state index contributed by atoms with van der Waals surface area (Å²) in [7, 11) is 0. The molecule has 1 N–H and O–H groups in total. The van der Waals surface area contributed by atoms with Gasteiger partial charge in [-0.05, 0) is 25.1 Å². The molecule has 1 rings (SSSR count). The minimum absolute atomic E-state index is 0.888. The van der Waals surface area contributed by atoms with Crippen LogP contribution in [0.4, 0.5) is 0 Å². The summed E-state index contributed by atoms with van der Waals surface area (Å²) in [4.78, 5) is 1.33. The van der Waals surface area contributed by atoms with Crippen LogP contribution >= 0.6 is 22.9 Å².